The summed E-state index contributed by atoms with van der Waals surface area (Å²) >= 11 is 6.02. The van der Waals surface area contributed by atoms with Gasteiger partial charge in [0.15, 0.2) is 11.3 Å². The predicted molar refractivity (Wildman–Crippen MR) is 118 cm³/mol. The van der Waals surface area contributed by atoms with Gasteiger partial charge in [-0.15, -0.1) is 0 Å². The summed E-state index contributed by atoms with van der Waals surface area (Å²) in [5.41, 5.74) is -5.56. The molecule has 0 bridgehead atoms. The Bertz CT molecular complexity index is 1280. The van der Waals surface area contributed by atoms with Gasteiger partial charge in [-0.25, -0.2) is 23.1 Å². The number of nitrogens with one attached hydrogen (secondary N) is 1. The summed E-state index contributed by atoms with van der Waals surface area (Å²) in [5.74, 6) is -3.78. The fourth-order valence-electron chi connectivity index (χ4n) is 4.11. The summed E-state index contributed by atoms with van der Waals surface area (Å²) in [6.45, 7) is 7.40. The van der Waals surface area contributed by atoms with Crippen LogP contribution >= 0.6 is 11.6 Å². The van der Waals surface area contributed by atoms with E-state index < -0.39 is 33.5 Å². The Labute approximate surface area is 187 Å². The number of anilines is 1. The number of aliphatic hydroxyl groups is 1. The number of aryl methyl sites for hydroxylation is 1. The number of aromatic nitrogens is 2. The molecule has 5 nitrogen and oxygen atoms in total. The van der Waals surface area contributed by atoms with Crippen LogP contribution in [0.1, 0.15) is 30.8 Å². The van der Waals surface area contributed by atoms with E-state index in [4.69, 9.17) is 16.3 Å². The lowest BCUT2D eigenvalue weighted by atomic mass is 9.64. The van der Waals surface area contributed by atoms with Gasteiger partial charge < -0.3 is 15.2 Å². The second-order valence-corrected chi connectivity index (χ2v) is 8.50. The van der Waals surface area contributed by atoms with Crippen LogP contribution in [0.25, 0.3) is 16.5 Å². The molecule has 0 amide bonds. The molecule has 9 heteroatoms. The molecular weight excluding hydrogens is 443 g/mol. The Kier molecular flexibility index (Phi) is 4.95. The number of alkyl halides is 2. The summed E-state index contributed by atoms with van der Waals surface area (Å²) in [6.07, 6.45) is 1.48. The molecule has 1 aliphatic carbocycles. The lowest BCUT2D eigenvalue weighted by Gasteiger charge is -2.52. The van der Waals surface area contributed by atoms with E-state index in [1.807, 2.05) is 0 Å². The van der Waals surface area contributed by atoms with Crippen molar-refractivity contribution in [2.45, 2.75) is 37.8 Å². The third-order valence-corrected chi connectivity index (χ3v) is 6.61. The first-order valence-corrected chi connectivity index (χ1v) is 10.1. The minimum Gasteiger partial charge on any atom is -0.494 e. The maximum absolute atomic E-state index is 17.0. The standard InChI is InChI=1S/C23H21ClF3N3O2/c1-11-18-14(9-15(25)19(24)20(18)32-5)23(27,22(4,31)21(11,3)26)30-17-8-6-7-16-13(17)10-28-12(2)29-16/h6-10,30-31H,1H2,2-5H3. The number of nitrogens with zero attached hydrogens (tertiary/aromatic N) is 2. The zero-order valence-electron chi connectivity index (χ0n) is 17.9. The Morgan fingerprint density at radius 2 is 1.94 bits per heavy atom. The average Bonchev–Trinajstić information content (AvgIpc) is 2.73. The third kappa shape index (κ3) is 2.82. The molecule has 0 saturated carbocycles. The van der Waals surface area contributed by atoms with Crippen molar-refractivity contribution < 1.29 is 23.0 Å². The van der Waals surface area contributed by atoms with Gasteiger partial charge in [0, 0.05) is 28.4 Å². The molecule has 32 heavy (non-hydrogen) atoms. The molecule has 0 radical (unpaired) electrons. The smallest absolute Gasteiger partial charge is 0.239 e. The van der Waals surface area contributed by atoms with Crippen LogP contribution in [0, 0.1) is 12.7 Å². The minimum atomic E-state index is -3.02. The molecule has 3 atom stereocenters. The maximum atomic E-state index is 17.0. The van der Waals surface area contributed by atoms with Gasteiger partial charge in [0.2, 0.25) is 5.79 Å². The first kappa shape index (κ1) is 22.4. The third-order valence-electron chi connectivity index (χ3n) is 6.26. The Hall–Kier alpha value is -2.84. The molecule has 2 N–H and O–H groups in total. The second-order valence-electron chi connectivity index (χ2n) is 8.12. The number of rotatable bonds is 3. The van der Waals surface area contributed by atoms with E-state index >= 15 is 8.78 Å². The monoisotopic (exact) mass is 463 g/mol. The molecule has 3 aromatic rings. The highest BCUT2D eigenvalue weighted by molar-refractivity contribution is 6.32. The van der Waals surface area contributed by atoms with E-state index in [2.05, 4.69) is 21.9 Å². The van der Waals surface area contributed by atoms with Crippen LogP contribution in [0.4, 0.5) is 18.9 Å². The molecule has 1 aliphatic rings. The molecule has 0 fully saturated rings. The number of methoxy groups -OCH3 is 1. The molecule has 1 heterocycles. The van der Waals surface area contributed by atoms with Crippen LogP contribution in [0.5, 0.6) is 5.75 Å². The minimum absolute atomic E-state index is 0.155. The molecule has 0 spiro atoms. The van der Waals surface area contributed by atoms with Crippen molar-refractivity contribution in [3.8, 4) is 5.75 Å². The number of halogens is 4. The van der Waals surface area contributed by atoms with Crippen molar-refractivity contribution in [1.29, 1.82) is 0 Å². The van der Waals surface area contributed by atoms with Crippen molar-refractivity contribution in [1.82, 2.24) is 9.97 Å². The number of fused-ring (bicyclic) bond motifs is 2. The van der Waals surface area contributed by atoms with Crippen molar-refractivity contribution in [2.75, 3.05) is 12.4 Å². The van der Waals surface area contributed by atoms with E-state index in [1.54, 1.807) is 19.1 Å². The van der Waals surface area contributed by atoms with E-state index in [1.165, 1.54) is 19.4 Å². The summed E-state index contributed by atoms with van der Waals surface area (Å²) in [5, 5.41) is 13.8. The lowest BCUT2D eigenvalue weighted by Crippen LogP contribution is -2.65. The fraction of sp³-hybridized carbons (Fsp3) is 0.304. The van der Waals surface area contributed by atoms with Gasteiger partial charge in [-0.2, -0.15) is 0 Å². The molecule has 4 rings (SSSR count). The van der Waals surface area contributed by atoms with Crippen LogP contribution in [-0.4, -0.2) is 33.5 Å². The van der Waals surface area contributed by atoms with Crippen molar-refractivity contribution in [2.24, 2.45) is 0 Å². The first-order valence-electron chi connectivity index (χ1n) is 9.73. The number of hydrogen-bond donors (Lipinski definition) is 2. The van der Waals surface area contributed by atoms with Crippen molar-refractivity contribution in [3.05, 3.63) is 64.8 Å². The Morgan fingerprint density at radius 1 is 1.25 bits per heavy atom. The highest BCUT2D eigenvalue weighted by atomic mass is 35.5. The van der Waals surface area contributed by atoms with Crippen LogP contribution in [0.15, 0.2) is 37.0 Å². The van der Waals surface area contributed by atoms with Crippen LogP contribution in [-0.2, 0) is 5.79 Å². The fourth-order valence-corrected chi connectivity index (χ4v) is 4.34. The van der Waals surface area contributed by atoms with Crippen LogP contribution in [0.3, 0.4) is 0 Å². The zero-order chi connectivity index (χ0) is 23.6. The molecule has 1 aromatic heterocycles. The topological polar surface area (TPSA) is 67.3 Å². The molecule has 168 valence electrons. The SMILES string of the molecule is C=C1c2c(cc(F)c(Cl)c2OC)C(F)(Nc2cccc3nc(C)ncc23)C(C)(O)C1(C)F. The number of ether oxygens (including phenoxy) is 1. The Balaban J connectivity index is 2.04. The average molecular weight is 464 g/mol. The molecule has 3 unspecified atom stereocenters. The van der Waals surface area contributed by atoms with Gasteiger partial charge >= 0.3 is 0 Å². The molecule has 0 saturated heterocycles. The molecular formula is C23H21ClF3N3O2. The highest BCUT2D eigenvalue weighted by Gasteiger charge is 2.67. The number of hydrogen-bond acceptors (Lipinski definition) is 5. The summed E-state index contributed by atoms with van der Waals surface area (Å²) in [7, 11) is 1.20. The zero-order valence-corrected chi connectivity index (χ0v) is 18.6. The van der Waals surface area contributed by atoms with E-state index in [0.717, 1.165) is 19.9 Å². The first-order chi connectivity index (χ1) is 14.9. The second kappa shape index (κ2) is 7.08. The van der Waals surface area contributed by atoms with Crippen molar-refractivity contribution >= 4 is 33.8 Å². The quantitative estimate of drug-likeness (QED) is 0.503. The molecule has 2 aromatic carbocycles. The van der Waals surface area contributed by atoms with Gasteiger partial charge in [-0.3, -0.25) is 0 Å². The molecule has 0 aliphatic heterocycles. The van der Waals surface area contributed by atoms with Gasteiger partial charge in [-0.1, -0.05) is 24.2 Å². The maximum Gasteiger partial charge on any atom is 0.239 e. The summed E-state index contributed by atoms with van der Waals surface area (Å²) in [6, 6.07) is 5.67. The van der Waals surface area contributed by atoms with Crippen molar-refractivity contribution in [3.63, 3.8) is 0 Å². The van der Waals surface area contributed by atoms with Gasteiger partial charge in [0.05, 0.1) is 12.6 Å². The van der Waals surface area contributed by atoms with Crippen LogP contribution in [0.2, 0.25) is 5.02 Å². The number of benzene rings is 2. The lowest BCUT2D eigenvalue weighted by molar-refractivity contribution is -0.151. The van der Waals surface area contributed by atoms with E-state index in [0.29, 0.717) is 16.7 Å². The van der Waals surface area contributed by atoms with Gasteiger partial charge in [-0.05, 0) is 44.5 Å². The van der Waals surface area contributed by atoms with Crippen LogP contribution < -0.4 is 10.1 Å². The van der Waals surface area contributed by atoms with Gasteiger partial charge in [0.1, 0.15) is 22.4 Å². The van der Waals surface area contributed by atoms with Gasteiger partial charge in [0.25, 0.3) is 0 Å². The summed E-state index contributed by atoms with van der Waals surface area (Å²) in [4.78, 5) is 8.44. The normalized spacial score (nSPS) is 27.3. The predicted octanol–water partition coefficient (Wildman–Crippen LogP) is 5.48. The van der Waals surface area contributed by atoms with E-state index in [9.17, 15) is 9.50 Å². The summed E-state index contributed by atoms with van der Waals surface area (Å²) < 4.78 is 52.8. The van der Waals surface area contributed by atoms with E-state index in [-0.39, 0.29) is 22.6 Å². The highest BCUT2D eigenvalue weighted by Crippen LogP contribution is 2.59. The Morgan fingerprint density at radius 3 is 2.59 bits per heavy atom. The largest absolute Gasteiger partial charge is 0.494 e.